The molecule has 1 saturated carbocycles. The minimum Gasteiger partial charge on any atom is -0.550 e. The molecule has 138 valence electrons. The number of thiazole rings is 1. The Morgan fingerprint density at radius 2 is 1.96 bits per heavy atom. The van der Waals surface area contributed by atoms with Gasteiger partial charge >= 0.3 is 29.6 Å². The molecular weight excluding hydrogens is 395 g/mol. The number of hydrogen-bond acceptors (Lipinski definition) is 5. The van der Waals surface area contributed by atoms with Crippen LogP contribution in [0.2, 0.25) is 5.02 Å². The Labute approximate surface area is 189 Å². The number of nitrogens with zero attached hydrogens (tertiary/aromatic N) is 1. The molecule has 1 amide bonds. The number of nitrogens with one attached hydrogen (secondary N) is 1. The minimum absolute atomic E-state index is 0. The van der Waals surface area contributed by atoms with Crippen LogP contribution in [0, 0.1) is 12.3 Å². The predicted molar refractivity (Wildman–Crippen MR) is 99.8 cm³/mol. The van der Waals surface area contributed by atoms with Gasteiger partial charge in [-0.3, -0.25) is 4.79 Å². The van der Waals surface area contributed by atoms with Crippen LogP contribution in [0.5, 0.6) is 0 Å². The van der Waals surface area contributed by atoms with E-state index in [9.17, 15) is 14.7 Å². The number of benzene rings is 1. The fourth-order valence-electron chi connectivity index (χ4n) is 3.20. The second-order valence-corrected chi connectivity index (χ2v) is 8.52. The van der Waals surface area contributed by atoms with Crippen LogP contribution in [0.15, 0.2) is 24.3 Å². The van der Waals surface area contributed by atoms with Crippen molar-refractivity contribution in [2.75, 3.05) is 0 Å². The van der Waals surface area contributed by atoms with Crippen molar-refractivity contribution in [3.8, 4) is 11.3 Å². The van der Waals surface area contributed by atoms with E-state index in [0.29, 0.717) is 17.9 Å². The Hall–Kier alpha value is -0.920. The molecule has 1 aromatic heterocycles. The second-order valence-electron chi connectivity index (χ2n) is 6.85. The Morgan fingerprint density at radius 3 is 2.48 bits per heavy atom. The van der Waals surface area contributed by atoms with Gasteiger partial charge in [-0.1, -0.05) is 30.2 Å². The average Bonchev–Trinajstić information content (AvgIpc) is 2.93. The van der Waals surface area contributed by atoms with Crippen LogP contribution in [0.1, 0.15) is 48.5 Å². The monoisotopic (exact) mass is 414 g/mol. The fourth-order valence-corrected chi connectivity index (χ4v) is 4.27. The summed E-state index contributed by atoms with van der Waals surface area (Å²) in [6.07, 6.45) is 1.81. The minimum atomic E-state index is -1.12. The first-order valence-corrected chi connectivity index (χ1v) is 9.74. The third-order valence-electron chi connectivity index (χ3n) is 4.92. The number of carboxylic acid groups (broad SMARTS) is 1. The molecule has 1 N–H and O–H groups in total. The summed E-state index contributed by atoms with van der Waals surface area (Å²) in [5.74, 6) is -1.40. The van der Waals surface area contributed by atoms with Crippen molar-refractivity contribution >= 4 is 34.8 Å². The summed E-state index contributed by atoms with van der Waals surface area (Å²) in [6, 6.07) is 7.18. The van der Waals surface area contributed by atoms with Crippen LogP contribution in [0.4, 0.5) is 0 Å². The van der Waals surface area contributed by atoms with Crippen LogP contribution in [-0.4, -0.2) is 16.9 Å². The van der Waals surface area contributed by atoms with Gasteiger partial charge in [0.1, 0.15) is 5.01 Å². The number of carboxylic acids is 1. The maximum absolute atomic E-state index is 12.3. The Bertz CT molecular complexity index is 834. The van der Waals surface area contributed by atoms with Gasteiger partial charge in [-0.25, -0.2) is 4.98 Å². The van der Waals surface area contributed by atoms with E-state index in [1.54, 1.807) is 0 Å². The molecule has 1 aromatic carbocycles. The van der Waals surface area contributed by atoms with Gasteiger partial charge in [0, 0.05) is 33.3 Å². The molecular formula is C19H20ClN2NaO3S. The Morgan fingerprint density at radius 1 is 1.33 bits per heavy atom. The number of aliphatic carboxylic acids is 1. The van der Waals surface area contributed by atoms with Crippen molar-refractivity contribution in [2.24, 2.45) is 5.41 Å². The maximum atomic E-state index is 12.3. The third kappa shape index (κ3) is 4.93. The molecule has 2 aromatic rings. The van der Waals surface area contributed by atoms with Gasteiger partial charge in [0.05, 0.1) is 11.7 Å². The molecule has 1 aliphatic rings. The summed E-state index contributed by atoms with van der Waals surface area (Å²) in [7, 11) is 0. The van der Waals surface area contributed by atoms with Crippen molar-refractivity contribution in [3.63, 3.8) is 0 Å². The van der Waals surface area contributed by atoms with Gasteiger partial charge in [0.25, 0.3) is 0 Å². The molecule has 0 aliphatic heterocycles. The van der Waals surface area contributed by atoms with Gasteiger partial charge < -0.3 is 15.2 Å². The third-order valence-corrected chi connectivity index (χ3v) is 6.33. The predicted octanol–water partition coefficient (Wildman–Crippen LogP) is 0.263. The smallest absolute Gasteiger partial charge is 0.550 e. The molecule has 0 spiro atoms. The van der Waals surface area contributed by atoms with E-state index in [0.717, 1.165) is 27.6 Å². The van der Waals surface area contributed by atoms with E-state index in [2.05, 4.69) is 10.3 Å². The number of hydrogen-bond donors (Lipinski definition) is 1. The molecule has 1 fully saturated rings. The van der Waals surface area contributed by atoms with E-state index in [4.69, 9.17) is 11.6 Å². The second kappa shape index (κ2) is 9.05. The van der Waals surface area contributed by atoms with Crippen molar-refractivity contribution in [3.05, 3.63) is 39.2 Å². The number of aromatic nitrogens is 1. The zero-order valence-corrected chi connectivity index (χ0v) is 19.2. The van der Waals surface area contributed by atoms with Gasteiger partial charge in [0.2, 0.25) is 5.91 Å². The molecule has 5 nitrogen and oxygen atoms in total. The fraction of sp³-hybridized carbons (Fsp3) is 0.421. The standard InChI is InChI=1S/C19H21ClN2O3S.Na/c1-11(21-15(23)10-19(18(24)25)8-3-9-19)17-22-16(12(2)26-17)13-4-6-14(20)7-5-13;/h4-7,11H,3,8-10H2,1-2H3,(H,21,23)(H,24,25);/q;+1/p-1. The average molecular weight is 415 g/mol. The van der Waals surface area contributed by atoms with Crippen molar-refractivity contribution in [1.29, 1.82) is 0 Å². The van der Waals surface area contributed by atoms with Crippen LogP contribution < -0.4 is 40.0 Å². The van der Waals surface area contributed by atoms with E-state index in [-0.39, 0.29) is 47.9 Å². The summed E-state index contributed by atoms with van der Waals surface area (Å²) in [4.78, 5) is 29.3. The number of carbonyl (C=O) groups is 2. The van der Waals surface area contributed by atoms with Gasteiger partial charge in [-0.2, -0.15) is 0 Å². The molecule has 0 radical (unpaired) electrons. The van der Waals surface area contributed by atoms with Crippen LogP contribution in [-0.2, 0) is 9.59 Å². The summed E-state index contributed by atoms with van der Waals surface area (Å²) in [6.45, 7) is 3.84. The summed E-state index contributed by atoms with van der Waals surface area (Å²) < 4.78 is 0. The van der Waals surface area contributed by atoms with Crippen molar-refractivity contribution < 1.29 is 44.3 Å². The van der Waals surface area contributed by atoms with Crippen LogP contribution in [0.3, 0.4) is 0 Å². The number of amides is 1. The van der Waals surface area contributed by atoms with Crippen molar-refractivity contribution in [2.45, 2.75) is 45.6 Å². The number of rotatable bonds is 6. The molecule has 1 unspecified atom stereocenters. The van der Waals surface area contributed by atoms with Crippen LogP contribution in [0.25, 0.3) is 11.3 Å². The normalized spacial score (nSPS) is 16.0. The quantitative estimate of drug-likeness (QED) is 0.687. The van der Waals surface area contributed by atoms with Crippen LogP contribution >= 0.6 is 22.9 Å². The zero-order chi connectivity index (χ0) is 18.9. The Kier molecular flexibility index (Phi) is 7.50. The number of aryl methyl sites for hydroxylation is 1. The van der Waals surface area contributed by atoms with Crippen molar-refractivity contribution in [1.82, 2.24) is 10.3 Å². The molecule has 0 bridgehead atoms. The molecule has 1 aliphatic carbocycles. The number of carbonyl (C=O) groups excluding carboxylic acids is 2. The van der Waals surface area contributed by atoms with Gasteiger partial charge in [0.15, 0.2) is 0 Å². The summed E-state index contributed by atoms with van der Waals surface area (Å²) >= 11 is 7.45. The van der Waals surface area contributed by atoms with Gasteiger partial charge in [-0.15, -0.1) is 11.3 Å². The largest absolute Gasteiger partial charge is 1.00 e. The molecule has 0 saturated heterocycles. The molecule has 8 heteroatoms. The summed E-state index contributed by atoms with van der Waals surface area (Å²) in [5, 5.41) is 15.6. The SMILES string of the molecule is Cc1sc(C(C)NC(=O)CC2(C(=O)[O-])CCC2)nc1-c1ccc(Cl)cc1.[Na+]. The topological polar surface area (TPSA) is 82.1 Å². The molecule has 1 heterocycles. The van der Waals surface area contributed by atoms with E-state index in [1.165, 1.54) is 11.3 Å². The van der Waals surface area contributed by atoms with E-state index < -0.39 is 11.4 Å². The first kappa shape index (κ1) is 22.4. The van der Waals surface area contributed by atoms with E-state index >= 15 is 0 Å². The first-order chi connectivity index (χ1) is 12.3. The zero-order valence-electron chi connectivity index (χ0n) is 15.7. The summed E-state index contributed by atoms with van der Waals surface area (Å²) in [5.41, 5.74) is 0.850. The molecule has 27 heavy (non-hydrogen) atoms. The van der Waals surface area contributed by atoms with E-state index in [1.807, 2.05) is 38.1 Å². The first-order valence-electron chi connectivity index (χ1n) is 8.55. The maximum Gasteiger partial charge on any atom is 1.00 e. The van der Waals surface area contributed by atoms with Gasteiger partial charge in [-0.05, 0) is 38.8 Å². The molecule has 3 rings (SSSR count). The molecule has 1 atom stereocenters. The number of halogens is 1. The Balaban J connectivity index is 0.00000261.